The number of rotatable bonds is 24. The van der Waals surface area contributed by atoms with E-state index in [1.54, 1.807) is 0 Å². The van der Waals surface area contributed by atoms with Crippen LogP contribution >= 0.6 is 0 Å². The van der Waals surface area contributed by atoms with Crippen molar-refractivity contribution in [3.63, 3.8) is 0 Å². The fourth-order valence-corrected chi connectivity index (χ4v) is 3.69. The first-order valence-electron chi connectivity index (χ1n) is 14.6. The van der Waals surface area contributed by atoms with E-state index in [-0.39, 0.29) is 45.7 Å². The average Bonchev–Trinajstić information content (AvgIpc) is 2.89. The second-order valence-electron chi connectivity index (χ2n) is 9.53. The Morgan fingerprint density at radius 2 is 0.649 bits per heavy atom. The molecule has 0 rings (SSSR count). The minimum atomic E-state index is -1.08. The molecule has 0 saturated carbocycles. The largest absolute Gasteiger partial charge is 0.465 e. The van der Waals surface area contributed by atoms with Crippen LogP contribution in [-0.4, -0.2) is 50.3 Å². The summed E-state index contributed by atoms with van der Waals surface area (Å²) in [5.41, 5.74) is 0. The average molecular weight is 529 g/mol. The number of esters is 4. The van der Waals surface area contributed by atoms with Gasteiger partial charge in [0.1, 0.15) is 0 Å². The maximum Gasteiger partial charge on any atom is 0.320 e. The van der Waals surface area contributed by atoms with Gasteiger partial charge in [0.2, 0.25) is 0 Å². The molecular formula is C29H52O8. The van der Waals surface area contributed by atoms with Crippen molar-refractivity contribution in [1.82, 2.24) is 0 Å². The quantitative estimate of drug-likeness (QED) is 0.0620. The van der Waals surface area contributed by atoms with Gasteiger partial charge in [-0.1, -0.05) is 85.5 Å². The third kappa shape index (κ3) is 17.9. The number of carbonyl (C=O) groups is 4. The predicted molar refractivity (Wildman–Crippen MR) is 143 cm³/mol. The second-order valence-corrected chi connectivity index (χ2v) is 9.53. The molecule has 0 amide bonds. The van der Waals surface area contributed by atoms with Gasteiger partial charge in [0.15, 0.2) is 11.8 Å². The van der Waals surface area contributed by atoms with Gasteiger partial charge < -0.3 is 18.9 Å². The number of carbonyl (C=O) groups excluding carboxylic acids is 4. The van der Waals surface area contributed by atoms with E-state index in [1.807, 2.05) is 0 Å². The lowest BCUT2D eigenvalue weighted by atomic mass is 9.96. The molecule has 8 nitrogen and oxygen atoms in total. The molecule has 0 unspecified atom stereocenters. The molecule has 0 bridgehead atoms. The summed E-state index contributed by atoms with van der Waals surface area (Å²) in [5.74, 6) is -4.61. The van der Waals surface area contributed by atoms with E-state index < -0.39 is 35.7 Å². The molecule has 0 aromatic carbocycles. The Bertz CT molecular complexity index is 519. The van der Waals surface area contributed by atoms with Crippen LogP contribution in [0.4, 0.5) is 0 Å². The zero-order valence-electron chi connectivity index (χ0n) is 23.9. The van der Waals surface area contributed by atoms with Gasteiger partial charge >= 0.3 is 23.9 Å². The van der Waals surface area contributed by atoms with Gasteiger partial charge in [-0.25, -0.2) is 0 Å². The monoisotopic (exact) mass is 528 g/mol. The van der Waals surface area contributed by atoms with Gasteiger partial charge in [0, 0.05) is 0 Å². The Kier molecular flexibility index (Phi) is 22.8. The Morgan fingerprint density at radius 3 is 0.865 bits per heavy atom. The van der Waals surface area contributed by atoms with Crippen LogP contribution in [0.15, 0.2) is 0 Å². The van der Waals surface area contributed by atoms with Gasteiger partial charge in [-0.2, -0.15) is 0 Å². The normalized spacial score (nSPS) is 11.0. The highest BCUT2D eigenvalue weighted by Gasteiger charge is 2.33. The minimum absolute atomic E-state index is 0.127. The molecule has 0 fully saturated rings. The molecule has 0 radical (unpaired) electrons. The molecule has 0 N–H and O–H groups in total. The molecule has 0 heterocycles. The van der Waals surface area contributed by atoms with Crippen LogP contribution in [0.2, 0.25) is 0 Å². The summed E-state index contributed by atoms with van der Waals surface area (Å²) in [7, 11) is 0. The Balaban J connectivity index is 5.12. The summed E-state index contributed by atoms with van der Waals surface area (Å²) in [6.07, 6.45) is 11.2. The molecular weight excluding hydrogens is 476 g/mol. The lowest BCUT2D eigenvalue weighted by Gasteiger charge is -2.18. The van der Waals surface area contributed by atoms with Crippen LogP contribution in [0.25, 0.3) is 0 Å². The van der Waals surface area contributed by atoms with E-state index in [0.717, 1.165) is 77.0 Å². The van der Waals surface area contributed by atoms with Crippen molar-refractivity contribution in [1.29, 1.82) is 0 Å². The van der Waals surface area contributed by atoms with Crippen molar-refractivity contribution in [2.24, 2.45) is 11.8 Å². The van der Waals surface area contributed by atoms with Crippen molar-refractivity contribution in [2.45, 2.75) is 124 Å². The van der Waals surface area contributed by atoms with Crippen LogP contribution < -0.4 is 0 Å². The van der Waals surface area contributed by atoms with Crippen LogP contribution in [-0.2, 0) is 38.1 Å². The van der Waals surface area contributed by atoms with Gasteiger partial charge in [-0.05, 0) is 38.5 Å². The first kappa shape index (κ1) is 34.9. The lowest BCUT2D eigenvalue weighted by Crippen LogP contribution is -2.31. The van der Waals surface area contributed by atoms with Crippen LogP contribution in [0.1, 0.15) is 124 Å². The Hall–Kier alpha value is -2.12. The standard InChI is InChI=1S/C29H52O8/c1-5-9-13-20-34-26(30)24(27(31)35-21-14-10-6-2)18-17-19-25(28(32)36-22-15-11-7-3)29(33)37-23-16-12-8-4/h24-25H,5-23H2,1-4H3. The summed E-state index contributed by atoms with van der Waals surface area (Å²) in [4.78, 5) is 50.7. The Morgan fingerprint density at radius 1 is 0.405 bits per heavy atom. The smallest absolute Gasteiger partial charge is 0.320 e. The van der Waals surface area contributed by atoms with Gasteiger partial charge in [0.25, 0.3) is 0 Å². The molecule has 0 spiro atoms. The molecule has 0 saturated heterocycles. The summed E-state index contributed by atoms with van der Waals surface area (Å²) >= 11 is 0. The molecule has 0 atom stereocenters. The Labute approximate surface area is 224 Å². The van der Waals surface area contributed by atoms with Gasteiger partial charge in [-0.15, -0.1) is 0 Å². The number of ether oxygens (including phenoxy) is 4. The zero-order valence-corrected chi connectivity index (χ0v) is 23.9. The summed E-state index contributed by atoms with van der Waals surface area (Å²) in [5, 5.41) is 0. The number of unbranched alkanes of at least 4 members (excludes halogenated alkanes) is 8. The zero-order chi connectivity index (χ0) is 27.7. The van der Waals surface area contributed by atoms with E-state index in [0.29, 0.717) is 0 Å². The van der Waals surface area contributed by atoms with Crippen molar-refractivity contribution in [3.8, 4) is 0 Å². The van der Waals surface area contributed by atoms with Crippen LogP contribution in [0.3, 0.4) is 0 Å². The van der Waals surface area contributed by atoms with Crippen molar-refractivity contribution >= 4 is 23.9 Å². The maximum atomic E-state index is 12.7. The summed E-state index contributed by atoms with van der Waals surface area (Å²) < 4.78 is 21.3. The van der Waals surface area contributed by atoms with Crippen molar-refractivity contribution in [3.05, 3.63) is 0 Å². The predicted octanol–water partition coefficient (Wildman–Crippen LogP) is 6.32. The van der Waals surface area contributed by atoms with Crippen molar-refractivity contribution in [2.75, 3.05) is 26.4 Å². The third-order valence-electron chi connectivity index (χ3n) is 6.09. The molecule has 0 aromatic heterocycles. The fraction of sp³-hybridized carbons (Fsp3) is 0.862. The maximum absolute atomic E-state index is 12.7. The fourth-order valence-electron chi connectivity index (χ4n) is 3.69. The molecule has 8 heteroatoms. The molecule has 0 aromatic rings. The van der Waals surface area contributed by atoms with E-state index >= 15 is 0 Å². The van der Waals surface area contributed by atoms with E-state index in [4.69, 9.17) is 18.9 Å². The highest BCUT2D eigenvalue weighted by atomic mass is 16.6. The van der Waals surface area contributed by atoms with Crippen LogP contribution in [0.5, 0.6) is 0 Å². The highest BCUT2D eigenvalue weighted by Crippen LogP contribution is 2.20. The minimum Gasteiger partial charge on any atom is -0.465 e. The molecule has 0 aliphatic heterocycles. The van der Waals surface area contributed by atoms with Crippen molar-refractivity contribution < 1.29 is 38.1 Å². The number of hydrogen-bond donors (Lipinski definition) is 0. The first-order chi connectivity index (χ1) is 17.9. The number of hydrogen-bond acceptors (Lipinski definition) is 8. The summed E-state index contributed by atoms with van der Waals surface area (Å²) in [6, 6.07) is 0. The van der Waals surface area contributed by atoms with Gasteiger partial charge in [-0.3, -0.25) is 19.2 Å². The van der Waals surface area contributed by atoms with E-state index in [9.17, 15) is 19.2 Å². The molecule has 0 aliphatic rings. The molecule has 37 heavy (non-hydrogen) atoms. The highest BCUT2D eigenvalue weighted by molar-refractivity contribution is 5.95. The molecule has 0 aliphatic carbocycles. The lowest BCUT2D eigenvalue weighted by molar-refractivity contribution is -0.163. The SMILES string of the molecule is CCCCCOC(=O)C(CCCC(C(=O)OCCCCC)C(=O)OCCCCC)C(=O)OCCCCC. The van der Waals surface area contributed by atoms with Gasteiger partial charge in [0.05, 0.1) is 26.4 Å². The topological polar surface area (TPSA) is 105 Å². The van der Waals surface area contributed by atoms with Crippen LogP contribution in [0, 0.1) is 11.8 Å². The summed E-state index contributed by atoms with van der Waals surface area (Å²) in [6.45, 7) is 9.23. The first-order valence-corrected chi connectivity index (χ1v) is 14.6. The second kappa shape index (κ2) is 24.2. The van der Waals surface area contributed by atoms with E-state index in [1.165, 1.54) is 0 Å². The van der Waals surface area contributed by atoms with E-state index in [2.05, 4.69) is 27.7 Å². The molecule has 216 valence electrons. The third-order valence-corrected chi connectivity index (χ3v) is 6.09.